The molecule has 0 radical (unpaired) electrons. The highest BCUT2D eigenvalue weighted by atomic mass is 16.5. The van der Waals surface area contributed by atoms with Crippen LogP contribution in [0.5, 0.6) is 0 Å². The van der Waals surface area contributed by atoms with Gasteiger partial charge in [0.1, 0.15) is 0 Å². The molecule has 7 nitrogen and oxygen atoms in total. The maximum atomic E-state index is 12.0. The molecule has 0 aliphatic carbocycles. The predicted molar refractivity (Wildman–Crippen MR) is 66.6 cm³/mol. The summed E-state index contributed by atoms with van der Waals surface area (Å²) in [6.07, 6.45) is 1.36. The zero-order valence-electron chi connectivity index (χ0n) is 10.7. The Morgan fingerprint density at radius 3 is 2.79 bits per heavy atom. The molecule has 0 saturated heterocycles. The monoisotopic (exact) mass is 265 g/mol. The second kappa shape index (κ2) is 4.94. The highest BCUT2D eigenvalue weighted by Gasteiger charge is 2.25. The summed E-state index contributed by atoms with van der Waals surface area (Å²) in [5.74, 6) is -0.430. The Labute approximate surface area is 109 Å². The number of hydrogen-bond donors (Lipinski definition) is 3. The Hall–Kier alpha value is -1.99. The number of aryl methyl sites for hydroxylation is 1. The molecule has 7 heteroatoms. The third-order valence-electron chi connectivity index (χ3n) is 2.89. The molecule has 0 saturated carbocycles. The summed E-state index contributed by atoms with van der Waals surface area (Å²) in [7, 11) is 0. The molecule has 0 bridgehead atoms. The average Bonchev–Trinajstić information content (AvgIpc) is 2.79. The number of carbonyl (C=O) groups excluding carboxylic acids is 1. The molecule has 102 valence electrons. The first-order chi connectivity index (χ1) is 8.99. The van der Waals surface area contributed by atoms with Crippen molar-refractivity contribution in [2.75, 3.05) is 13.2 Å². The van der Waals surface area contributed by atoms with E-state index in [1.165, 1.54) is 6.20 Å². The van der Waals surface area contributed by atoms with Gasteiger partial charge in [-0.25, -0.2) is 4.98 Å². The van der Waals surface area contributed by atoms with E-state index in [9.17, 15) is 4.79 Å². The molecule has 2 rings (SSSR count). The van der Waals surface area contributed by atoms with Crippen LogP contribution in [-0.4, -0.2) is 45.0 Å². The third-order valence-corrected chi connectivity index (χ3v) is 2.89. The van der Waals surface area contributed by atoms with Gasteiger partial charge in [0.05, 0.1) is 35.4 Å². The molecule has 3 N–H and O–H groups in total. The number of nitrogens with zero attached hydrogens (tertiary/aromatic N) is 2. The van der Waals surface area contributed by atoms with E-state index in [4.69, 9.17) is 14.7 Å². The number of aliphatic hydroxyl groups is 2. The molecular formula is C12H15N3O4. The standard InChI is InChI=1S/C12H15N3O4/c1-7-9-3-8(4-13-11(9)19-15-7)10(18)14-12(2,5-16)6-17/h3-4,16-17H,5-6H2,1-2H3,(H,14,18). The maximum Gasteiger partial charge on any atom is 0.257 e. The summed E-state index contributed by atoms with van der Waals surface area (Å²) in [5.41, 5.74) is 0.243. The number of hydrogen-bond acceptors (Lipinski definition) is 6. The highest BCUT2D eigenvalue weighted by molar-refractivity contribution is 5.97. The first-order valence-corrected chi connectivity index (χ1v) is 5.75. The number of rotatable bonds is 4. The molecule has 2 heterocycles. The van der Waals surface area contributed by atoms with Crippen molar-refractivity contribution in [3.05, 3.63) is 23.5 Å². The molecule has 19 heavy (non-hydrogen) atoms. The van der Waals surface area contributed by atoms with Crippen molar-refractivity contribution in [2.45, 2.75) is 19.4 Å². The van der Waals surface area contributed by atoms with Crippen molar-refractivity contribution < 1.29 is 19.5 Å². The van der Waals surface area contributed by atoms with E-state index in [1.54, 1.807) is 19.9 Å². The number of nitrogens with one attached hydrogen (secondary N) is 1. The zero-order chi connectivity index (χ0) is 14.0. The number of pyridine rings is 1. The van der Waals surface area contributed by atoms with Gasteiger partial charge in [0, 0.05) is 6.20 Å². The van der Waals surface area contributed by atoms with Crippen LogP contribution in [0, 0.1) is 6.92 Å². The van der Waals surface area contributed by atoms with Crippen LogP contribution in [-0.2, 0) is 0 Å². The lowest BCUT2D eigenvalue weighted by Crippen LogP contribution is -2.51. The van der Waals surface area contributed by atoms with E-state index < -0.39 is 11.4 Å². The van der Waals surface area contributed by atoms with Crippen LogP contribution in [0.2, 0.25) is 0 Å². The van der Waals surface area contributed by atoms with Gasteiger partial charge in [-0.05, 0) is 19.9 Å². The Balaban J connectivity index is 2.28. The topological polar surface area (TPSA) is 108 Å². The van der Waals surface area contributed by atoms with Crippen molar-refractivity contribution >= 4 is 17.0 Å². The smallest absolute Gasteiger partial charge is 0.257 e. The van der Waals surface area contributed by atoms with Crippen molar-refractivity contribution in [3.63, 3.8) is 0 Å². The fourth-order valence-corrected chi connectivity index (χ4v) is 1.54. The summed E-state index contributed by atoms with van der Waals surface area (Å²) < 4.78 is 4.95. The minimum atomic E-state index is -1.07. The highest BCUT2D eigenvalue weighted by Crippen LogP contribution is 2.17. The Bertz CT molecular complexity index is 604. The van der Waals surface area contributed by atoms with Crippen LogP contribution in [0.3, 0.4) is 0 Å². The van der Waals surface area contributed by atoms with Crippen LogP contribution in [0.25, 0.3) is 11.1 Å². The van der Waals surface area contributed by atoms with Crippen molar-refractivity contribution in [1.29, 1.82) is 0 Å². The molecular weight excluding hydrogens is 250 g/mol. The van der Waals surface area contributed by atoms with Crippen LogP contribution in [0.1, 0.15) is 23.0 Å². The second-order valence-electron chi connectivity index (χ2n) is 4.68. The fourth-order valence-electron chi connectivity index (χ4n) is 1.54. The molecule has 0 unspecified atom stereocenters. The van der Waals surface area contributed by atoms with Crippen LogP contribution in [0.4, 0.5) is 0 Å². The number of aromatic nitrogens is 2. The van der Waals surface area contributed by atoms with Crippen molar-refractivity contribution in [3.8, 4) is 0 Å². The number of amides is 1. The fraction of sp³-hybridized carbons (Fsp3) is 0.417. The van der Waals surface area contributed by atoms with Gasteiger partial charge in [0.25, 0.3) is 11.6 Å². The number of carbonyl (C=O) groups is 1. The number of fused-ring (bicyclic) bond motifs is 1. The van der Waals surface area contributed by atoms with Gasteiger partial charge in [0.15, 0.2) is 0 Å². The Morgan fingerprint density at radius 2 is 2.16 bits per heavy atom. The summed E-state index contributed by atoms with van der Waals surface area (Å²) in [5, 5.41) is 25.3. The Morgan fingerprint density at radius 1 is 1.47 bits per heavy atom. The van der Waals surface area contributed by atoms with Gasteiger partial charge in [-0.1, -0.05) is 5.16 Å². The molecule has 0 aromatic carbocycles. The van der Waals surface area contributed by atoms with Crippen molar-refractivity contribution in [2.24, 2.45) is 0 Å². The summed E-state index contributed by atoms with van der Waals surface area (Å²) in [6.45, 7) is 2.57. The lowest BCUT2D eigenvalue weighted by atomic mass is 10.0. The van der Waals surface area contributed by atoms with Gasteiger partial charge >= 0.3 is 0 Å². The molecule has 2 aromatic heterocycles. The van der Waals surface area contributed by atoms with Gasteiger partial charge in [0.2, 0.25) is 0 Å². The van der Waals surface area contributed by atoms with Gasteiger partial charge in [-0.2, -0.15) is 0 Å². The molecule has 1 amide bonds. The summed E-state index contributed by atoms with van der Waals surface area (Å²) in [4.78, 5) is 16.0. The van der Waals surface area contributed by atoms with Gasteiger partial charge in [-0.3, -0.25) is 4.79 Å². The third kappa shape index (κ3) is 2.56. The van der Waals surface area contributed by atoms with E-state index >= 15 is 0 Å². The largest absolute Gasteiger partial charge is 0.394 e. The molecule has 0 aliphatic rings. The Kier molecular flexibility index (Phi) is 3.50. The van der Waals surface area contributed by atoms with E-state index in [0.717, 1.165) is 0 Å². The van der Waals surface area contributed by atoms with E-state index in [2.05, 4.69) is 15.5 Å². The van der Waals surface area contributed by atoms with Gasteiger partial charge < -0.3 is 20.1 Å². The van der Waals surface area contributed by atoms with Crippen LogP contribution >= 0.6 is 0 Å². The first-order valence-electron chi connectivity index (χ1n) is 5.75. The quantitative estimate of drug-likeness (QED) is 0.718. The van der Waals surface area contributed by atoms with E-state index in [0.29, 0.717) is 22.4 Å². The molecule has 2 aromatic rings. The first kappa shape index (κ1) is 13.4. The SMILES string of the molecule is Cc1noc2ncc(C(=O)NC(C)(CO)CO)cc12. The second-order valence-corrected chi connectivity index (χ2v) is 4.68. The lowest BCUT2D eigenvalue weighted by Gasteiger charge is -2.26. The normalized spacial score (nSPS) is 11.8. The maximum absolute atomic E-state index is 12.0. The lowest BCUT2D eigenvalue weighted by molar-refractivity contribution is 0.0723. The predicted octanol–water partition coefficient (Wildman–Crippen LogP) is 0.00432. The van der Waals surface area contributed by atoms with E-state index in [-0.39, 0.29) is 13.2 Å². The average molecular weight is 265 g/mol. The zero-order valence-corrected chi connectivity index (χ0v) is 10.7. The molecule has 0 fully saturated rings. The van der Waals surface area contributed by atoms with Gasteiger partial charge in [-0.15, -0.1) is 0 Å². The summed E-state index contributed by atoms with van der Waals surface area (Å²) in [6, 6.07) is 1.61. The van der Waals surface area contributed by atoms with Crippen molar-refractivity contribution in [1.82, 2.24) is 15.5 Å². The van der Waals surface area contributed by atoms with Crippen LogP contribution < -0.4 is 5.32 Å². The van der Waals surface area contributed by atoms with Crippen LogP contribution in [0.15, 0.2) is 16.8 Å². The summed E-state index contributed by atoms with van der Waals surface area (Å²) >= 11 is 0. The van der Waals surface area contributed by atoms with E-state index in [1.807, 2.05) is 0 Å². The number of aliphatic hydroxyl groups excluding tert-OH is 2. The minimum Gasteiger partial charge on any atom is -0.394 e. The minimum absolute atomic E-state index is 0.312. The molecule has 0 atom stereocenters. The molecule has 0 aliphatic heterocycles. The molecule has 0 spiro atoms.